The third-order valence-electron chi connectivity index (χ3n) is 2.83. The molecule has 1 aromatic carbocycles. The molecule has 0 atom stereocenters. The van der Waals surface area contributed by atoms with E-state index < -0.39 is 5.82 Å². The zero-order chi connectivity index (χ0) is 15.1. The van der Waals surface area contributed by atoms with Crippen molar-refractivity contribution in [3.8, 4) is 5.75 Å². The fraction of sp³-hybridized carbons (Fsp3) is 0.250. The van der Waals surface area contributed by atoms with Crippen LogP contribution in [-0.2, 0) is 4.79 Å². The average Bonchev–Trinajstić information content (AvgIpc) is 2.45. The second kappa shape index (κ2) is 7.38. The minimum absolute atomic E-state index is 0.134. The van der Waals surface area contributed by atoms with Crippen LogP contribution in [0.3, 0.4) is 0 Å². The van der Waals surface area contributed by atoms with E-state index in [1.807, 2.05) is 13.0 Å². The zero-order valence-electron chi connectivity index (χ0n) is 11.8. The smallest absolute Gasteiger partial charge is 0.225 e. The van der Waals surface area contributed by atoms with E-state index in [4.69, 9.17) is 4.74 Å². The minimum atomic E-state index is -0.397. The Bertz CT molecular complexity index is 617. The van der Waals surface area contributed by atoms with Crippen LogP contribution < -0.4 is 10.1 Å². The van der Waals surface area contributed by atoms with Crippen LogP contribution in [-0.4, -0.2) is 17.5 Å². The number of aromatic nitrogens is 1. The molecule has 110 valence electrons. The van der Waals surface area contributed by atoms with Gasteiger partial charge in [-0.05, 0) is 43.2 Å². The Kier molecular flexibility index (Phi) is 5.26. The summed E-state index contributed by atoms with van der Waals surface area (Å²) in [6.45, 7) is 2.22. The van der Waals surface area contributed by atoms with E-state index in [-0.39, 0.29) is 18.3 Å². The van der Waals surface area contributed by atoms with Crippen molar-refractivity contribution in [2.45, 2.75) is 19.8 Å². The normalized spacial score (nSPS) is 10.2. The second-order valence-corrected chi connectivity index (χ2v) is 4.65. The minimum Gasteiger partial charge on any atom is -0.491 e. The summed E-state index contributed by atoms with van der Waals surface area (Å²) in [5, 5.41) is 2.71. The van der Waals surface area contributed by atoms with Crippen molar-refractivity contribution >= 4 is 11.7 Å². The molecule has 0 bridgehead atoms. The number of benzene rings is 1. The molecule has 5 heteroatoms. The van der Waals surface area contributed by atoms with Crippen LogP contribution in [0, 0.1) is 12.7 Å². The predicted octanol–water partition coefficient (Wildman–Crippen LogP) is 3.33. The average molecular weight is 288 g/mol. The topological polar surface area (TPSA) is 51.2 Å². The lowest BCUT2D eigenvalue weighted by molar-refractivity contribution is -0.116. The van der Waals surface area contributed by atoms with Gasteiger partial charge in [0.1, 0.15) is 5.82 Å². The van der Waals surface area contributed by atoms with Gasteiger partial charge in [0, 0.05) is 12.6 Å². The van der Waals surface area contributed by atoms with Gasteiger partial charge in [-0.3, -0.25) is 4.79 Å². The molecular weight excluding hydrogens is 271 g/mol. The summed E-state index contributed by atoms with van der Waals surface area (Å²) in [4.78, 5) is 15.8. The molecule has 1 N–H and O–H groups in total. The zero-order valence-corrected chi connectivity index (χ0v) is 11.8. The van der Waals surface area contributed by atoms with E-state index in [2.05, 4.69) is 10.3 Å². The number of nitrogens with one attached hydrogen (secondary N) is 1. The first-order valence-electron chi connectivity index (χ1n) is 6.75. The van der Waals surface area contributed by atoms with E-state index in [0.29, 0.717) is 18.7 Å². The summed E-state index contributed by atoms with van der Waals surface area (Å²) < 4.78 is 18.6. The lowest BCUT2D eigenvalue weighted by Crippen LogP contribution is -2.13. The van der Waals surface area contributed by atoms with Crippen LogP contribution >= 0.6 is 0 Å². The highest BCUT2D eigenvalue weighted by Crippen LogP contribution is 2.15. The molecule has 0 saturated heterocycles. The number of carbonyl (C=O) groups is 1. The molecule has 1 heterocycles. The van der Waals surface area contributed by atoms with Crippen LogP contribution in [0.15, 0.2) is 42.6 Å². The Hall–Kier alpha value is -2.43. The molecule has 0 spiro atoms. The van der Waals surface area contributed by atoms with Crippen molar-refractivity contribution < 1.29 is 13.9 Å². The fourth-order valence-electron chi connectivity index (χ4n) is 1.79. The Morgan fingerprint density at radius 3 is 2.90 bits per heavy atom. The van der Waals surface area contributed by atoms with Gasteiger partial charge in [0.2, 0.25) is 5.91 Å². The van der Waals surface area contributed by atoms with Crippen molar-refractivity contribution in [3.63, 3.8) is 0 Å². The number of para-hydroxylation sites is 1. The lowest BCUT2D eigenvalue weighted by Gasteiger charge is -2.07. The van der Waals surface area contributed by atoms with E-state index in [9.17, 15) is 9.18 Å². The standard InChI is InChI=1S/C16H17FN2O2/c1-12-8-9-18-15(11-12)19-16(20)7-4-10-21-14-6-3-2-5-13(14)17/h2-3,5-6,8-9,11H,4,7,10H2,1H3,(H,18,19,20). The summed E-state index contributed by atoms with van der Waals surface area (Å²) in [5.74, 6) is 0.212. The summed E-state index contributed by atoms with van der Waals surface area (Å²) in [7, 11) is 0. The first-order chi connectivity index (χ1) is 10.1. The van der Waals surface area contributed by atoms with Gasteiger partial charge in [-0.2, -0.15) is 0 Å². The summed E-state index contributed by atoms with van der Waals surface area (Å²) in [5.41, 5.74) is 1.03. The fourth-order valence-corrected chi connectivity index (χ4v) is 1.79. The van der Waals surface area contributed by atoms with Crippen LogP contribution in [0.5, 0.6) is 5.75 Å². The largest absolute Gasteiger partial charge is 0.491 e. The third-order valence-corrected chi connectivity index (χ3v) is 2.83. The summed E-state index contributed by atoms with van der Waals surface area (Å²) in [6, 6.07) is 9.86. The SMILES string of the molecule is Cc1ccnc(NC(=O)CCCOc2ccccc2F)c1. The van der Waals surface area contributed by atoms with Crippen molar-refractivity contribution in [1.29, 1.82) is 0 Å². The molecule has 1 aromatic heterocycles. The molecule has 0 aliphatic carbocycles. The number of aryl methyl sites for hydroxylation is 1. The Morgan fingerprint density at radius 1 is 1.33 bits per heavy atom. The molecule has 0 radical (unpaired) electrons. The maximum Gasteiger partial charge on any atom is 0.225 e. The molecule has 0 fully saturated rings. The quantitative estimate of drug-likeness (QED) is 0.829. The van der Waals surface area contributed by atoms with Gasteiger partial charge < -0.3 is 10.1 Å². The maximum atomic E-state index is 13.3. The highest BCUT2D eigenvalue weighted by atomic mass is 19.1. The maximum absolute atomic E-state index is 13.3. The molecule has 2 rings (SSSR count). The van der Waals surface area contributed by atoms with E-state index >= 15 is 0 Å². The van der Waals surface area contributed by atoms with Gasteiger partial charge in [-0.15, -0.1) is 0 Å². The Morgan fingerprint density at radius 2 is 2.14 bits per heavy atom. The van der Waals surface area contributed by atoms with Crippen molar-refractivity contribution in [3.05, 3.63) is 54.0 Å². The number of nitrogens with zero attached hydrogens (tertiary/aromatic N) is 1. The number of amides is 1. The number of carbonyl (C=O) groups excluding carboxylic acids is 1. The number of ether oxygens (including phenoxy) is 1. The third kappa shape index (κ3) is 4.87. The number of halogens is 1. The van der Waals surface area contributed by atoms with Crippen molar-refractivity contribution in [2.24, 2.45) is 0 Å². The molecule has 0 saturated carbocycles. The van der Waals surface area contributed by atoms with Gasteiger partial charge in [0.25, 0.3) is 0 Å². The molecule has 0 aliphatic heterocycles. The summed E-state index contributed by atoms with van der Waals surface area (Å²) in [6.07, 6.45) is 2.45. The Labute approximate surface area is 123 Å². The van der Waals surface area contributed by atoms with Crippen LogP contribution in [0.4, 0.5) is 10.2 Å². The molecule has 1 amide bonds. The molecule has 0 aliphatic rings. The van der Waals surface area contributed by atoms with Crippen LogP contribution in [0.2, 0.25) is 0 Å². The number of hydrogen-bond acceptors (Lipinski definition) is 3. The van der Waals surface area contributed by atoms with E-state index in [1.54, 1.807) is 30.5 Å². The van der Waals surface area contributed by atoms with E-state index in [1.165, 1.54) is 6.07 Å². The number of pyridine rings is 1. The molecule has 4 nitrogen and oxygen atoms in total. The van der Waals surface area contributed by atoms with Gasteiger partial charge in [0.05, 0.1) is 6.61 Å². The van der Waals surface area contributed by atoms with Crippen LogP contribution in [0.25, 0.3) is 0 Å². The van der Waals surface area contributed by atoms with Gasteiger partial charge in [-0.1, -0.05) is 12.1 Å². The first kappa shape index (κ1) is 15.0. The van der Waals surface area contributed by atoms with Crippen LogP contribution in [0.1, 0.15) is 18.4 Å². The lowest BCUT2D eigenvalue weighted by atomic mass is 10.3. The molecule has 0 unspecified atom stereocenters. The first-order valence-corrected chi connectivity index (χ1v) is 6.75. The van der Waals surface area contributed by atoms with E-state index in [0.717, 1.165) is 5.56 Å². The van der Waals surface area contributed by atoms with Gasteiger partial charge in [0.15, 0.2) is 11.6 Å². The predicted molar refractivity (Wildman–Crippen MR) is 78.7 cm³/mol. The monoisotopic (exact) mass is 288 g/mol. The van der Waals surface area contributed by atoms with Gasteiger partial charge in [-0.25, -0.2) is 9.37 Å². The number of rotatable bonds is 6. The number of anilines is 1. The highest BCUT2D eigenvalue weighted by molar-refractivity contribution is 5.89. The molecular formula is C16H17FN2O2. The van der Waals surface area contributed by atoms with Crippen molar-refractivity contribution in [2.75, 3.05) is 11.9 Å². The second-order valence-electron chi connectivity index (χ2n) is 4.65. The Balaban J connectivity index is 1.71. The summed E-state index contributed by atoms with van der Waals surface area (Å²) >= 11 is 0. The number of hydrogen-bond donors (Lipinski definition) is 1. The molecule has 21 heavy (non-hydrogen) atoms. The molecule has 2 aromatic rings. The van der Waals surface area contributed by atoms with Crippen molar-refractivity contribution in [1.82, 2.24) is 4.98 Å². The highest BCUT2D eigenvalue weighted by Gasteiger charge is 2.05. The van der Waals surface area contributed by atoms with Gasteiger partial charge >= 0.3 is 0 Å².